The number of methoxy groups -OCH3 is 1. The number of furan rings is 1. The average Bonchev–Trinajstić information content (AvgIpc) is 3.12. The minimum absolute atomic E-state index is 0.0920. The van der Waals surface area contributed by atoms with Gasteiger partial charge >= 0.3 is 6.61 Å². The molecule has 0 aliphatic carbocycles. The number of aliphatic imine (C=N–C) groups is 1. The minimum Gasteiger partial charge on any atom is -0.497 e. The summed E-state index contributed by atoms with van der Waals surface area (Å²) in [5, 5.41) is 6.18. The predicted molar refractivity (Wildman–Crippen MR) is 90.2 cm³/mol. The van der Waals surface area contributed by atoms with E-state index >= 15 is 0 Å². The summed E-state index contributed by atoms with van der Waals surface area (Å²) < 4.78 is 40.0. The molecule has 0 spiro atoms. The molecule has 2 rings (SSSR count). The number of nitrogens with one attached hydrogen (secondary N) is 2. The van der Waals surface area contributed by atoms with Crippen molar-refractivity contribution < 1.29 is 22.7 Å². The molecule has 1 aromatic carbocycles. The van der Waals surface area contributed by atoms with E-state index in [1.54, 1.807) is 25.4 Å². The zero-order valence-electron chi connectivity index (χ0n) is 14.1. The maximum atomic E-state index is 12.5. The molecule has 0 aliphatic rings. The highest BCUT2D eigenvalue weighted by Gasteiger charge is 2.11. The number of hydrogen-bond acceptors (Lipinski definition) is 4. The lowest BCUT2D eigenvalue weighted by atomic mass is 10.2. The van der Waals surface area contributed by atoms with Crippen LogP contribution in [0.5, 0.6) is 11.5 Å². The molecular formula is C17H21F2N3O3. The molecule has 2 aromatic rings. The number of alkyl halides is 2. The van der Waals surface area contributed by atoms with Crippen molar-refractivity contribution in [3.05, 3.63) is 47.9 Å². The smallest absolute Gasteiger partial charge is 0.387 e. The predicted octanol–water partition coefficient (Wildman–Crippen LogP) is 2.80. The van der Waals surface area contributed by atoms with Crippen LogP contribution in [0.1, 0.15) is 11.3 Å². The van der Waals surface area contributed by atoms with Gasteiger partial charge in [0.1, 0.15) is 17.3 Å². The van der Waals surface area contributed by atoms with Gasteiger partial charge in [-0.1, -0.05) is 0 Å². The summed E-state index contributed by atoms with van der Waals surface area (Å²) in [7, 11) is 3.14. The lowest BCUT2D eigenvalue weighted by molar-refractivity contribution is -0.0504. The molecule has 0 radical (unpaired) electrons. The van der Waals surface area contributed by atoms with E-state index in [0.29, 0.717) is 30.2 Å². The van der Waals surface area contributed by atoms with Crippen molar-refractivity contribution in [1.29, 1.82) is 0 Å². The van der Waals surface area contributed by atoms with Crippen LogP contribution in [0.15, 0.2) is 46.0 Å². The Kier molecular flexibility index (Phi) is 7.06. The fourth-order valence-corrected chi connectivity index (χ4v) is 2.19. The maximum Gasteiger partial charge on any atom is 0.387 e. The standard InChI is InChI=1S/C17H21F2N3O3/c1-20-17(21-8-7-13-4-3-9-24-13)22-11-12-10-14(23-2)5-6-15(12)25-16(18)19/h3-6,9-10,16H,7-8,11H2,1-2H3,(H2,20,21,22). The fraction of sp³-hybridized carbons (Fsp3) is 0.353. The third-order valence-electron chi connectivity index (χ3n) is 3.40. The third-order valence-corrected chi connectivity index (χ3v) is 3.40. The molecule has 8 heteroatoms. The molecule has 0 bridgehead atoms. The largest absolute Gasteiger partial charge is 0.497 e. The number of halogens is 2. The zero-order chi connectivity index (χ0) is 18.1. The molecule has 25 heavy (non-hydrogen) atoms. The lowest BCUT2D eigenvalue weighted by Gasteiger charge is -2.15. The quantitative estimate of drug-likeness (QED) is 0.564. The molecule has 0 unspecified atom stereocenters. The second-order valence-electron chi connectivity index (χ2n) is 5.03. The second kappa shape index (κ2) is 9.51. The van der Waals surface area contributed by atoms with Crippen LogP contribution in [0.4, 0.5) is 8.78 Å². The molecule has 2 N–H and O–H groups in total. The van der Waals surface area contributed by atoms with Gasteiger partial charge in [-0.15, -0.1) is 0 Å². The van der Waals surface area contributed by atoms with Gasteiger partial charge in [0.15, 0.2) is 5.96 Å². The summed E-state index contributed by atoms with van der Waals surface area (Å²) in [4.78, 5) is 4.10. The topological polar surface area (TPSA) is 68.0 Å². The minimum atomic E-state index is -2.89. The van der Waals surface area contributed by atoms with Crippen LogP contribution in [-0.2, 0) is 13.0 Å². The molecule has 0 saturated carbocycles. The van der Waals surface area contributed by atoms with Crippen molar-refractivity contribution in [2.75, 3.05) is 20.7 Å². The zero-order valence-corrected chi connectivity index (χ0v) is 14.1. The van der Waals surface area contributed by atoms with Gasteiger partial charge in [0.25, 0.3) is 0 Å². The van der Waals surface area contributed by atoms with Crippen LogP contribution >= 0.6 is 0 Å². The lowest BCUT2D eigenvalue weighted by Crippen LogP contribution is -2.37. The second-order valence-corrected chi connectivity index (χ2v) is 5.03. The maximum absolute atomic E-state index is 12.5. The summed E-state index contributed by atoms with van der Waals surface area (Å²) >= 11 is 0. The van der Waals surface area contributed by atoms with Gasteiger partial charge in [0.2, 0.25) is 0 Å². The fourth-order valence-electron chi connectivity index (χ4n) is 2.19. The van der Waals surface area contributed by atoms with Gasteiger partial charge in [-0.05, 0) is 30.3 Å². The Balaban J connectivity index is 1.92. The van der Waals surface area contributed by atoms with Gasteiger partial charge in [-0.3, -0.25) is 4.99 Å². The van der Waals surface area contributed by atoms with Gasteiger partial charge in [0, 0.05) is 32.1 Å². The Morgan fingerprint density at radius 1 is 1.28 bits per heavy atom. The summed E-state index contributed by atoms with van der Waals surface area (Å²) in [6, 6.07) is 8.38. The molecule has 1 aromatic heterocycles. The third kappa shape index (κ3) is 5.98. The van der Waals surface area contributed by atoms with Crippen LogP contribution in [0.3, 0.4) is 0 Å². The van der Waals surface area contributed by atoms with E-state index in [2.05, 4.69) is 20.4 Å². The van der Waals surface area contributed by atoms with Crippen molar-refractivity contribution in [2.45, 2.75) is 19.6 Å². The first-order valence-electron chi connectivity index (χ1n) is 7.71. The SMILES string of the molecule is CN=C(NCCc1ccco1)NCc1cc(OC)ccc1OC(F)F. The van der Waals surface area contributed by atoms with Gasteiger partial charge in [0.05, 0.1) is 13.4 Å². The van der Waals surface area contributed by atoms with E-state index < -0.39 is 6.61 Å². The highest BCUT2D eigenvalue weighted by Crippen LogP contribution is 2.25. The summed E-state index contributed by atoms with van der Waals surface area (Å²) in [6.07, 6.45) is 2.32. The van der Waals surface area contributed by atoms with Crippen LogP contribution in [0.25, 0.3) is 0 Å². The summed E-state index contributed by atoms with van der Waals surface area (Å²) in [6.45, 7) is -2.02. The Morgan fingerprint density at radius 3 is 2.76 bits per heavy atom. The van der Waals surface area contributed by atoms with Gasteiger partial charge < -0.3 is 24.5 Å². The van der Waals surface area contributed by atoms with Crippen LogP contribution in [-0.4, -0.2) is 33.3 Å². The Hall–Kier alpha value is -2.77. The molecule has 1 heterocycles. The molecule has 0 saturated heterocycles. The van der Waals surface area contributed by atoms with Crippen molar-refractivity contribution in [3.8, 4) is 11.5 Å². The highest BCUT2D eigenvalue weighted by atomic mass is 19.3. The number of rotatable bonds is 8. The Bertz CT molecular complexity index is 676. The van der Waals surface area contributed by atoms with E-state index in [1.165, 1.54) is 13.2 Å². The van der Waals surface area contributed by atoms with Gasteiger partial charge in [-0.25, -0.2) is 0 Å². The molecule has 0 amide bonds. The van der Waals surface area contributed by atoms with Crippen molar-refractivity contribution in [1.82, 2.24) is 10.6 Å². The number of hydrogen-bond donors (Lipinski definition) is 2. The van der Waals surface area contributed by atoms with Gasteiger partial charge in [-0.2, -0.15) is 8.78 Å². The Labute approximate surface area is 144 Å². The molecule has 0 atom stereocenters. The molecular weight excluding hydrogens is 332 g/mol. The van der Waals surface area contributed by atoms with E-state index in [1.807, 2.05) is 12.1 Å². The highest BCUT2D eigenvalue weighted by molar-refractivity contribution is 5.79. The average molecular weight is 353 g/mol. The van der Waals surface area contributed by atoms with Crippen molar-refractivity contribution in [3.63, 3.8) is 0 Å². The molecule has 0 fully saturated rings. The van der Waals surface area contributed by atoms with Crippen molar-refractivity contribution in [2.24, 2.45) is 4.99 Å². The molecule has 0 aliphatic heterocycles. The number of nitrogens with zero attached hydrogens (tertiary/aromatic N) is 1. The van der Waals surface area contributed by atoms with E-state index in [4.69, 9.17) is 9.15 Å². The first-order chi connectivity index (χ1) is 12.1. The van der Waals surface area contributed by atoms with Crippen LogP contribution in [0.2, 0.25) is 0 Å². The van der Waals surface area contributed by atoms with E-state index in [-0.39, 0.29) is 12.3 Å². The first kappa shape index (κ1) is 18.6. The number of guanidine groups is 1. The van der Waals surface area contributed by atoms with Crippen molar-refractivity contribution >= 4 is 5.96 Å². The molecule has 136 valence electrons. The van der Waals surface area contributed by atoms with Crippen LogP contribution < -0.4 is 20.1 Å². The number of ether oxygens (including phenoxy) is 2. The first-order valence-corrected chi connectivity index (χ1v) is 7.71. The number of benzene rings is 1. The normalized spacial score (nSPS) is 11.5. The summed E-state index contributed by atoms with van der Waals surface area (Å²) in [5.41, 5.74) is 0.536. The van der Waals surface area contributed by atoms with E-state index in [9.17, 15) is 8.78 Å². The monoisotopic (exact) mass is 353 g/mol. The molecule has 6 nitrogen and oxygen atoms in total. The van der Waals surface area contributed by atoms with E-state index in [0.717, 1.165) is 5.76 Å². The Morgan fingerprint density at radius 2 is 2.12 bits per heavy atom. The summed E-state index contributed by atoms with van der Waals surface area (Å²) in [5.74, 6) is 2.05. The van der Waals surface area contributed by atoms with Crippen LogP contribution in [0, 0.1) is 0 Å².